The molecule has 0 aliphatic carbocycles. The van der Waals surface area contributed by atoms with E-state index in [2.05, 4.69) is 38.7 Å². The molecule has 1 N–H and O–H groups in total. The van der Waals surface area contributed by atoms with Crippen molar-refractivity contribution in [2.45, 2.75) is 37.9 Å². The monoisotopic (exact) mass is 519 g/mol. The Morgan fingerprint density at radius 2 is 1.83 bits per heavy atom. The van der Waals surface area contributed by atoms with Crippen molar-refractivity contribution >= 4 is 35.9 Å². The molecule has 1 aromatic carbocycles. The van der Waals surface area contributed by atoms with Crippen LogP contribution >= 0.6 is 23.5 Å². The summed E-state index contributed by atoms with van der Waals surface area (Å²) in [5.74, 6) is 3.27. The van der Waals surface area contributed by atoms with Crippen LogP contribution in [-0.4, -0.2) is 69.1 Å². The van der Waals surface area contributed by atoms with E-state index >= 15 is 0 Å². The van der Waals surface area contributed by atoms with Crippen molar-refractivity contribution in [3.05, 3.63) is 47.3 Å². The number of nitrogens with one attached hydrogen (secondary N) is 1. The number of aromatic nitrogens is 5. The first kappa shape index (κ1) is 26.6. The highest BCUT2D eigenvalue weighted by Crippen LogP contribution is 2.36. The predicted molar refractivity (Wildman–Crippen MR) is 138 cm³/mol. The van der Waals surface area contributed by atoms with Crippen LogP contribution in [0.25, 0.3) is 5.69 Å². The number of hydrogen-bond acceptors (Lipinski definition) is 9. The number of ether oxygens (including phenoxy) is 2. The van der Waals surface area contributed by atoms with E-state index < -0.39 is 0 Å². The van der Waals surface area contributed by atoms with Crippen molar-refractivity contribution in [1.29, 1.82) is 0 Å². The Kier molecular flexibility index (Phi) is 9.55. The van der Waals surface area contributed by atoms with E-state index in [1.807, 2.05) is 22.8 Å². The van der Waals surface area contributed by atoms with E-state index in [-0.39, 0.29) is 11.2 Å². The summed E-state index contributed by atoms with van der Waals surface area (Å²) in [5, 5.41) is 9.46. The van der Waals surface area contributed by atoms with Crippen LogP contribution in [-0.2, 0) is 11.2 Å². The normalized spacial score (nSPS) is 12.6. The first-order chi connectivity index (χ1) is 16.9. The number of nitrogens with zero attached hydrogens (tertiary/aromatic N) is 6. The van der Waals surface area contributed by atoms with Gasteiger partial charge in [0.15, 0.2) is 0 Å². The van der Waals surface area contributed by atoms with Crippen LogP contribution in [0.15, 0.2) is 30.6 Å². The minimum atomic E-state index is 0.0558. The van der Waals surface area contributed by atoms with Crippen LogP contribution in [0.2, 0.25) is 5.02 Å². The average molecular weight is 520 g/mol. The van der Waals surface area contributed by atoms with Crippen LogP contribution in [0.4, 0.5) is 5.95 Å². The zero-order valence-corrected chi connectivity index (χ0v) is 22.0. The lowest BCUT2D eigenvalue weighted by atomic mass is 10.1. The average Bonchev–Trinajstić information content (AvgIpc) is 3.28. The molecule has 0 bridgehead atoms. The molecule has 1 amide bonds. The lowest BCUT2D eigenvalue weighted by molar-refractivity contribution is -0.117. The zero-order chi connectivity index (χ0) is 25.4. The Bertz CT molecular complexity index is 1090. The fraction of sp³-hybridized carbons (Fsp3) is 0.435. The molecule has 3 aromatic rings. The molecule has 0 aliphatic rings. The highest BCUT2D eigenvalue weighted by Gasteiger charge is 2.23. The first-order valence-corrected chi connectivity index (χ1v) is 12.4. The van der Waals surface area contributed by atoms with Gasteiger partial charge in [-0.25, -0.2) is 9.97 Å². The number of amides is 1. The topological polar surface area (TPSA) is 107 Å². The molecular weight excluding hydrogens is 490 g/mol. The Morgan fingerprint density at radius 3 is 2.43 bits per heavy atom. The smallest absolute Gasteiger partial charge is 0.239 e. The van der Waals surface area contributed by atoms with Gasteiger partial charge in [0.2, 0.25) is 12.4 Å². The van der Waals surface area contributed by atoms with Crippen LogP contribution < -0.4 is 14.2 Å². The summed E-state index contributed by atoms with van der Waals surface area (Å²) in [6, 6.07) is 5.59. The molecule has 0 spiro atoms. The Morgan fingerprint density at radius 1 is 1.17 bits per heavy atom. The molecule has 2 atom stereocenters. The van der Waals surface area contributed by atoms with E-state index in [9.17, 15) is 4.79 Å². The van der Waals surface area contributed by atoms with E-state index in [0.717, 1.165) is 18.7 Å². The predicted octanol–water partition coefficient (Wildman–Crippen LogP) is 4.00. The molecule has 0 aliphatic heterocycles. The van der Waals surface area contributed by atoms with Crippen LogP contribution in [0, 0.1) is 0 Å². The van der Waals surface area contributed by atoms with Crippen molar-refractivity contribution in [3.8, 4) is 17.2 Å². The van der Waals surface area contributed by atoms with Gasteiger partial charge in [-0.3, -0.25) is 14.1 Å². The number of methoxy groups -OCH3 is 2. The van der Waals surface area contributed by atoms with E-state index in [0.29, 0.717) is 46.9 Å². The van der Waals surface area contributed by atoms with Gasteiger partial charge in [-0.2, -0.15) is 0 Å². The van der Waals surface area contributed by atoms with E-state index in [4.69, 9.17) is 21.1 Å². The molecule has 0 radical (unpaired) electrons. The fourth-order valence-electron chi connectivity index (χ4n) is 3.39. The highest BCUT2D eigenvalue weighted by molar-refractivity contribution is 8.01. The van der Waals surface area contributed by atoms with Gasteiger partial charge in [-0.1, -0.05) is 31.5 Å². The summed E-state index contributed by atoms with van der Waals surface area (Å²) in [6.07, 6.45) is 5.33. The molecule has 3 rings (SSSR count). The molecule has 0 saturated carbocycles. The second-order valence-electron chi connectivity index (χ2n) is 7.95. The SMILES string of the molecule is COc1cccc(OC)c1-n1c(CCCN(C)C=O)nnc1NSC(C)C(C)c1ncc(Cl)cn1. The Labute approximate surface area is 214 Å². The number of carbonyl (C=O) groups excluding carboxylic acids is 1. The van der Waals surface area contributed by atoms with Gasteiger partial charge in [0.25, 0.3) is 0 Å². The maximum absolute atomic E-state index is 11.0. The number of hydrogen-bond donors (Lipinski definition) is 1. The molecule has 0 fully saturated rings. The van der Waals surface area contributed by atoms with Crippen molar-refractivity contribution < 1.29 is 14.3 Å². The molecule has 2 heterocycles. The quantitative estimate of drug-likeness (QED) is 0.265. The van der Waals surface area contributed by atoms with Crippen LogP contribution in [0.5, 0.6) is 11.5 Å². The number of benzene rings is 1. The summed E-state index contributed by atoms with van der Waals surface area (Å²) in [7, 11) is 4.97. The van der Waals surface area contributed by atoms with Crippen molar-refractivity contribution in [2.75, 3.05) is 32.5 Å². The minimum absolute atomic E-state index is 0.0558. The van der Waals surface area contributed by atoms with Gasteiger partial charge in [-0.15, -0.1) is 10.2 Å². The number of para-hydroxylation sites is 1. The standard InChI is InChI=1S/C23H30ClN7O3S/c1-15(22-25-12-17(24)13-26-22)16(2)35-29-23-28-27-20(10-7-11-30(3)14-32)31(23)21-18(33-4)8-6-9-19(21)34-5/h6,8-9,12-16H,7,10-11H2,1-5H3,(H,28,29). The minimum Gasteiger partial charge on any atom is -0.494 e. The van der Waals surface area contributed by atoms with Crippen molar-refractivity contribution in [3.63, 3.8) is 0 Å². The second-order valence-corrected chi connectivity index (χ2v) is 9.57. The summed E-state index contributed by atoms with van der Waals surface area (Å²) in [6.45, 7) is 4.75. The van der Waals surface area contributed by atoms with Gasteiger partial charge in [0, 0.05) is 43.6 Å². The Hall–Kier alpha value is -3.05. The van der Waals surface area contributed by atoms with E-state index in [1.165, 1.54) is 11.9 Å². The Balaban J connectivity index is 1.89. The number of anilines is 1. The summed E-state index contributed by atoms with van der Waals surface area (Å²) in [5.41, 5.74) is 0.700. The summed E-state index contributed by atoms with van der Waals surface area (Å²) < 4.78 is 16.5. The zero-order valence-electron chi connectivity index (χ0n) is 20.4. The molecule has 12 heteroatoms. The number of rotatable bonds is 13. The van der Waals surface area contributed by atoms with Gasteiger partial charge >= 0.3 is 0 Å². The number of aryl methyl sites for hydroxylation is 1. The lowest BCUT2D eigenvalue weighted by Gasteiger charge is -2.20. The van der Waals surface area contributed by atoms with Crippen molar-refractivity contribution in [2.24, 2.45) is 0 Å². The second kappa shape index (κ2) is 12.6. The number of carbonyl (C=O) groups is 1. The third-order valence-corrected chi connectivity index (χ3v) is 6.81. The summed E-state index contributed by atoms with van der Waals surface area (Å²) in [4.78, 5) is 21.2. The lowest BCUT2D eigenvalue weighted by Crippen LogP contribution is -2.18. The van der Waals surface area contributed by atoms with Gasteiger partial charge < -0.3 is 14.4 Å². The third kappa shape index (κ3) is 6.55. The molecule has 10 nitrogen and oxygen atoms in total. The van der Waals surface area contributed by atoms with Gasteiger partial charge in [0.05, 0.1) is 19.2 Å². The maximum atomic E-state index is 11.0. The number of halogens is 1. The first-order valence-electron chi connectivity index (χ1n) is 11.1. The van der Waals surface area contributed by atoms with Gasteiger partial charge in [-0.05, 0) is 30.5 Å². The van der Waals surface area contributed by atoms with Crippen LogP contribution in [0.1, 0.15) is 37.8 Å². The van der Waals surface area contributed by atoms with Gasteiger partial charge in [0.1, 0.15) is 28.8 Å². The molecule has 2 aromatic heterocycles. The van der Waals surface area contributed by atoms with E-state index in [1.54, 1.807) is 38.6 Å². The highest BCUT2D eigenvalue weighted by atomic mass is 35.5. The molecule has 0 saturated heterocycles. The molecular formula is C23H30ClN7O3S. The largest absolute Gasteiger partial charge is 0.494 e. The third-order valence-electron chi connectivity index (χ3n) is 5.53. The van der Waals surface area contributed by atoms with Crippen LogP contribution in [0.3, 0.4) is 0 Å². The summed E-state index contributed by atoms with van der Waals surface area (Å²) >= 11 is 7.42. The molecule has 35 heavy (non-hydrogen) atoms. The molecule has 2 unspecified atom stereocenters. The molecule has 188 valence electrons. The maximum Gasteiger partial charge on any atom is 0.239 e. The van der Waals surface area contributed by atoms with Crippen molar-refractivity contribution in [1.82, 2.24) is 29.6 Å². The fourth-order valence-corrected chi connectivity index (χ4v) is 4.23.